The van der Waals surface area contributed by atoms with Gasteiger partial charge in [0.25, 0.3) is 0 Å². The third-order valence-electron chi connectivity index (χ3n) is 1.85. The molecule has 0 fully saturated rings. The summed E-state index contributed by atoms with van der Waals surface area (Å²) in [5, 5.41) is 1.24. The van der Waals surface area contributed by atoms with Crippen molar-refractivity contribution in [2.75, 3.05) is 12.0 Å². The Kier molecular flexibility index (Phi) is 3.04. The molecule has 5 heteroatoms. The van der Waals surface area contributed by atoms with Crippen LogP contribution in [0.2, 0.25) is 5.02 Å². The van der Waals surface area contributed by atoms with E-state index in [0.29, 0.717) is 0 Å². The highest BCUT2D eigenvalue weighted by atomic mass is 35.5. The van der Waals surface area contributed by atoms with Gasteiger partial charge in [0.15, 0.2) is 0 Å². The molecule has 1 aliphatic heterocycles. The van der Waals surface area contributed by atoms with Gasteiger partial charge in [-0.05, 0) is 18.4 Å². The van der Waals surface area contributed by atoms with E-state index < -0.39 is 0 Å². The average Bonchev–Trinajstić information content (AvgIpc) is 2.23. The third kappa shape index (κ3) is 1.78. The SMILES string of the molecule is CSC1=Nc2ccc(F)c(Cl)c2SC1. The quantitative estimate of drug-likeness (QED) is 0.688. The zero-order chi connectivity index (χ0) is 10.1. The molecule has 74 valence electrons. The van der Waals surface area contributed by atoms with E-state index in [2.05, 4.69) is 4.99 Å². The van der Waals surface area contributed by atoms with Crippen LogP contribution in [0.25, 0.3) is 0 Å². The zero-order valence-corrected chi connectivity index (χ0v) is 9.77. The van der Waals surface area contributed by atoms with Gasteiger partial charge in [0.05, 0.1) is 20.6 Å². The number of fused-ring (bicyclic) bond motifs is 1. The lowest BCUT2D eigenvalue weighted by Crippen LogP contribution is -2.00. The van der Waals surface area contributed by atoms with Gasteiger partial charge < -0.3 is 0 Å². The van der Waals surface area contributed by atoms with Crippen LogP contribution in [-0.2, 0) is 0 Å². The van der Waals surface area contributed by atoms with Crippen molar-refractivity contribution >= 4 is 45.9 Å². The molecule has 1 nitrogen and oxygen atoms in total. The highest BCUT2D eigenvalue weighted by Gasteiger charge is 2.17. The highest BCUT2D eigenvalue weighted by molar-refractivity contribution is 8.15. The largest absolute Gasteiger partial charge is 0.244 e. The third-order valence-corrected chi connectivity index (χ3v) is 4.34. The number of hydrogen-bond acceptors (Lipinski definition) is 3. The van der Waals surface area contributed by atoms with Crippen molar-refractivity contribution in [3.05, 3.63) is 23.0 Å². The summed E-state index contributed by atoms with van der Waals surface area (Å²) in [6.07, 6.45) is 1.98. The Bertz CT molecular complexity index is 406. The Hall–Kier alpha value is -0.190. The molecule has 1 aromatic rings. The Morgan fingerprint density at radius 1 is 1.57 bits per heavy atom. The summed E-state index contributed by atoms with van der Waals surface area (Å²) >= 11 is 8.98. The second-order valence-corrected chi connectivity index (χ2v) is 4.95. The summed E-state index contributed by atoms with van der Waals surface area (Å²) in [5.41, 5.74) is 0.775. The molecule has 0 unspecified atom stereocenters. The number of thioether (sulfide) groups is 2. The normalized spacial score (nSPS) is 14.9. The Labute approximate surface area is 95.1 Å². The fourth-order valence-electron chi connectivity index (χ4n) is 1.15. The lowest BCUT2D eigenvalue weighted by atomic mass is 10.3. The van der Waals surface area contributed by atoms with Gasteiger partial charge in [-0.15, -0.1) is 23.5 Å². The number of halogens is 2. The lowest BCUT2D eigenvalue weighted by Gasteiger charge is -2.14. The molecule has 0 amide bonds. The first-order valence-electron chi connectivity index (χ1n) is 3.94. The average molecular weight is 248 g/mol. The Morgan fingerprint density at radius 3 is 3.07 bits per heavy atom. The van der Waals surface area contributed by atoms with E-state index in [4.69, 9.17) is 11.6 Å². The van der Waals surface area contributed by atoms with E-state index in [9.17, 15) is 4.39 Å². The van der Waals surface area contributed by atoms with Crippen molar-refractivity contribution in [1.29, 1.82) is 0 Å². The van der Waals surface area contributed by atoms with E-state index in [1.54, 1.807) is 17.8 Å². The molecule has 1 aliphatic rings. The molecule has 0 saturated heterocycles. The van der Waals surface area contributed by atoms with Gasteiger partial charge in [0, 0.05) is 5.75 Å². The topological polar surface area (TPSA) is 12.4 Å². The molecule has 0 radical (unpaired) electrons. The van der Waals surface area contributed by atoms with Gasteiger partial charge in [-0.2, -0.15) is 0 Å². The van der Waals surface area contributed by atoms with Crippen LogP contribution in [0.15, 0.2) is 22.0 Å². The summed E-state index contributed by atoms with van der Waals surface area (Å²) in [6.45, 7) is 0. The minimum atomic E-state index is -0.374. The summed E-state index contributed by atoms with van der Waals surface area (Å²) < 4.78 is 13.1. The first kappa shape index (κ1) is 10.3. The van der Waals surface area contributed by atoms with Crippen LogP contribution >= 0.6 is 35.1 Å². The van der Waals surface area contributed by atoms with Crippen molar-refractivity contribution in [3.63, 3.8) is 0 Å². The molecule has 0 saturated carbocycles. The molecule has 0 spiro atoms. The van der Waals surface area contributed by atoms with Crippen LogP contribution in [-0.4, -0.2) is 17.1 Å². The summed E-state index contributed by atoms with van der Waals surface area (Å²) in [7, 11) is 0. The highest BCUT2D eigenvalue weighted by Crippen LogP contribution is 2.41. The molecular formula is C9H7ClFNS2. The van der Waals surface area contributed by atoms with E-state index in [1.165, 1.54) is 17.8 Å². The predicted octanol–water partition coefficient (Wildman–Crippen LogP) is 3.98. The van der Waals surface area contributed by atoms with Gasteiger partial charge in [0.1, 0.15) is 5.82 Å². The maximum absolute atomic E-state index is 13.1. The van der Waals surface area contributed by atoms with Crippen molar-refractivity contribution < 1.29 is 4.39 Å². The van der Waals surface area contributed by atoms with Gasteiger partial charge in [-0.3, -0.25) is 0 Å². The number of nitrogens with zero attached hydrogens (tertiary/aromatic N) is 1. The van der Waals surface area contributed by atoms with Crippen LogP contribution in [0.4, 0.5) is 10.1 Å². The van der Waals surface area contributed by atoms with Crippen LogP contribution in [0.3, 0.4) is 0 Å². The monoisotopic (exact) mass is 247 g/mol. The van der Waals surface area contributed by atoms with Crippen LogP contribution in [0.5, 0.6) is 0 Å². The van der Waals surface area contributed by atoms with Crippen LogP contribution < -0.4 is 0 Å². The first-order chi connectivity index (χ1) is 6.72. The molecule has 1 heterocycles. The molecule has 14 heavy (non-hydrogen) atoms. The summed E-state index contributed by atoms with van der Waals surface area (Å²) in [4.78, 5) is 5.13. The van der Waals surface area contributed by atoms with E-state index >= 15 is 0 Å². The van der Waals surface area contributed by atoms with E-state index in [0.717, 1.165) is 21.4 Å². The van der Waals surface area contributed by atoms with Gasteiger partial charge in [-0.1, -0.05) is 11.6 Å². The van der Waals surface area contributed by atoms with Crippen molar-refractivity contribution in [1.82, 2.24) is 0 Å². The van der Waals surface area contributed by atoms with Crippen molar-refractivity contribution in [2.45, 2.75) is 4.90 Å². The Morgan fingerprint density at radius 2 is 2.36 bits per heavy atom. The molecule has 1 aromatic carbocycles. The van der Waals surface area contributed by atoms with Crippen molar-refractivity contribution in [3.8, 4) is 0 Å². The number of benzene rings is 1. The van der Waals surface area contributed by atoms with Gasteiger partial charge in [-0.25, -0.2) is 9.38 Å². The second-order valence-electron chi connectivity index (χ2n) is 2.71. The van der Waals surface area contributed by atoms with Gasteiger partial charge >= 0.3 is 0 Å². The maximum atomic E-state index is 13.1. The minimum absolute atomic E-state index is 0.191. The molecule has 0 N–H and O–H groups in total. The Balaban J connectivity index is 2.51. The van der Waals surface area contributed by atoms with E-state index in [-0.39, 0.29) is 10.8 Å². The predicted molar refractivity (Wildman–Crippen MR) is 62.7 cm³/mol. The smallest absolute Gasteiger partial charge is 0.143 e. The van der Waals surface area contributed by atoms with Gasteiger partial charge in [0.2, 0.25) is 0 Å². The summed E-state index contributed by atoms with van der Waals surface area (Å²) in [6, 6.07) is 3.02. The minimum Gasteiger partial charge on any atom is -0.244 e. The van der Waals surface area contributed by atoms with Crippen LogP contribution in [0.1, 0.15) is 0 Å². The molecule has 0 atom stereocenters. The zero-order valence-electron chi connectivity index (χ0n) is 7.38. The summed E-state index contributed by atoms with van der Waals surface area (Å²) in [5.74, 6) is 0.401. The standard InChI is InChI=1S/C9H7ClFNS2/c1-13-7-4-14-9-6(12-7)3-2-5(11)8(9)10/h2-3H,4H2,1H3. The number of hydrogen-bond donors (Lipinski definition) is 0. The fourth-order valence-corrected chi connectivity index (χ4v) is 3.13. The molecule has 0 bridgehead atoms. The number of aliphatic imine (C=N–C) groups is 1. The fraction of sp³-hybridized carbons (Fsp3) is 0.222. The van der Waals surface area contributed by atoms with Crippen molar-refractivity contribution in [2.24, 2.45) is 4.99 Å². The lowest BCUT2D eigenvalue weighted by molar-refractivity contribution is 0.625. The second kappa shape index (κ2) is 4.13. The molecule has 0 aromatic heterocycles. The van der Waals surface area contributed by atoms with E-state index in [1.807, 2.05) is 6.26 Å². The molecular weight excluding hydrogens is 241 g/mol. The molecule has 0 aliphatic carbocycles. The van der Waals surface area contributed by atoms with Crippen LogP contribution in [0, 0.1) is 5.82 Å². The molecule has 2 rings (SSSR count). The maximum Gasteiger partial charge on any atom is 0.143 e. The number of rotatable bonds is 0. The first-order valence-corrected chi connectivity index (χ1v) is 6.53.